The van der Waals surface area contributed by atoms with E-state index < -0.39 is 6.09 Å². The van der Waals surface area contributed by atoms with Crippen molar-refractivity contribution in [1.82, 2.24) is 5.32 Å². The van der Waals surface area contributed by atoms with Crippen LogP contribution in [0.25, 0.3) is 0 Å². The highest BCUT2D eigenvalue weighted by Gasteiger charge is 2.35. The second-order valence-electron chi connectivity index (χ2n) is 9.15. The first-order valence-electron chi connectivity index (χ1n) is 12.3. The maximum atomic E-state index is 12.4. The Morgan fingerprint density at radius 3 is 2.53 bits per heavy atom. The minimum atomic E-state index is -0.911. The van der Waals surface area contributed by atoms with Gasteiger partial charge in [-0.15, -0.1) is 0 Å². The van der Waals surface area contributed by atoms with Gasteiger partial charge in [-0.2, -0.15) is 5.26 Å². The van der Waals surface area contributed by atoms with Gasteiger partial charge in [0.1, 0.15) is 5.75 Å². The summed E-state index contributed by atoms with van der Waals surface area (Å²) in [5.41, 5.74) is 2.49. The van der Waals surface area contributed by atoms with Gasteiger partial charge in [0.15, 0.2) is 0 Å². The van der Waals surface area contributed by atoms with Gasteiger partial charge in [-0.05, 0) is 81.1 Å². The molecule has 2 aromatic carbocycles. The number of benzene rings is 2. The molecule has 2 fully saturated rings. The van der Waals surface area contributed by atoms with E-state index in [1.807, 2.05) is 55.5 Å². The van der Waals surface area contributed by atoms with Gasteiger partial charge in [0.25, 0.3) is 0 Å². The summed E-state index contributed by atoms with van der Waals surface area (Å²) in [5, 5.41) is 23.1. The van der Waals surface area contributed by atoms with E-state index in [0.717, 1.165) is 63.1 Å². The van der Waals surface area contributed by atoms with E-state index in [0.29, 0.717) is 23.9 Å². The number of nitrogens with one attached hydrogen (secondary N) is 1. The highest BCUT2D eigenvalue weighted by atomic mass is 16.5. The van der Waals surface area contributed by atoms with E-state index in [9.17, 15) is 9.90 Å². The van der Waals surface area contributed by atoms with Crippen molar-refractivity contribution in [2.45, 2.75) is 63.6 Å². The molecular formula is C27H34N4O3. The number of piperidine rings is 1. The van der Waals surface area contributed by atoms with Gasteiger partial charge in [-0.3, -0.25) is 4.90 Å². The molecule has 1 saturated carbocycles. The van der Waals surface area contributed by atoms with Crippen LogP contribution < -0.4 is 19.9 Å². The number of nitriles is 1. The molecule has 4 rings (SSSR count). The first-order chi connectivity index (χ1) is 16.6. The Bertz CT molecular complexity index is 986. The SMILES string of the molecule is CCOc1ccc(N(C(=O)O)[C@@H]2CCCC[C@H]2N[C@H]2CCCN(c3ccc(C#N)cc3)C2)cc1. The van der Waals surface area contributed by atoms with Gasteiger partial charge in [0, 0.05) is 36.5 Å². The lowest BCUT2D eigenvalue weighted by molar-refractivity contribution is 0.190. The van der Waals surface area contributed by atoms with Crippen molar-refractivity contribution in [2.24, 2.45) is 0 Å². The highest BCUT2D eigenvalue weighted by molar-refractivity contribution is 5.87. The van der Waals surface area contributed by atoms with Gasteiger partial charge in [0.05, 0.1) is 24.3 Å². The summed E-state index contributed by atoms with van der Waals surface area (Å²) in [4.78, 5) is 16.3. The summed E-state index contributed by atoms with van der Waals surface area (Å²) in [6.45, 7) is 4.39. The zero-order valence-corrected chi connectivity index (χ0v) is 19.8. The van der Waals surface area contributed by atoms with Crippen LogP contribution in [-0.4, -0.2) is 49.0 Å². The first-order valence-corrected chi connectivity index (χ1v) is 12.3. The van der Waals surface area contributed by atoms with Crippen molar-refractivity contribution < 1.29 is 14.6 Å². The zero-order valence-electron chi connectivity index (χ0n) is 19.8. The van der Waals surface area contributed by atoms with Crippen LogP contribution in [0.4, 0.5) is 16.2 Å². The molecular weight excluding hydrogens is 428 g/mol. The van der Waals surface area contributed by atoms with Crippen LogP contribution in [0.5, 0.6) is 5.75 Å². The average molecular weight is 463 g/mol. The molecule has 0 radical (unpaired) electrons. The van der Waals surface area contributed by atoms with Crippen LogP contribution in [0.2, 0.25) is 0 Å². The van der Waals surface area contributed by atoms with E-state index in [2.05, 4.69) is 16.3 Å². The normalized spacial score (nSPS) is 22.6. The molecule has 7 heteroatoms. The lowest BCUT2D eigenvalue weighted by Gasteiger charge is -2.43. The van der Waals surface area contributed by atoms with Crippen molar-refractivity contribution in [3.8, 4) is 11.8 Å². The first kappa shape index (κ1) is 23.9. The van der Waals surface area contributed by atoms with Crippen molar-refractivity contribution in [2.75, 3.05) is 29.5 Å². The third-order valence-electron chi connectivity index (χ3n) is 6.93. The van der Waals surface area contributed by atoms with E-state index >= 15 is 0 Å². The molecule has 34 heavy (non-hydrogen) atoms. The quantitative estimate of drug-likeness (QED) is 0.601. The van der Waals surface area contributed by atoms with Crippen LogP contribution in [0, 0.1) is 11.3 Å². The Kier molecular flexibility index (Phi) is 7.91. The van der Waals surface area contributed by atoms with Gasteiger partial charge < -0.3 is 20.1 Å². The lowest BCUT2D eigenvalue weighted by Crippen LogP contribution is -2.58. The van der Waals surface area contributed by atoms with E-state index in [1.54, 1.807) is 4.90 Å². The molecule has 180 valence electrons. The number of carbonyl (C=O) groups is 1. The molecule has 0 aromatic heterocycles. The van der Waals surface area contributed by atoms with Gasteiger partial charge in [0.2, 0.25) is 0 Å². The van der Waals surface area contributed by atoms with Gasteiger partial charge in [-0.1, -0.05) is 12.8 Å². The zero-order chi connectivity index (χ0) is 23.9. The predicted octanol–water partition coefficient (Wildman–Crippen LogP) is 5.01. The Labute approximate surface area is 201 Å². The molecule has 1 heterocycles. The number of nitrogens with zero attached hydrogens (tertiary/aromatic N) is 3. The van der Waals surface area contributed by atoms with Gasteiger partial charge in [-0.25, -0.2) is 4.79 Å². The fourth-order valence-electron chi connectivity index (χ4n) is 5.33. The molecule has 1 amide bonds. The van der Waals surface area contributed by atoms with Gasteiger partial charge >= 0.3 is 6.09 Å². The standard InChI is InChI=1S/C27H34N4O3/c1-2-34-24-15-13-23(14-16-24)31(27(32)33)26-8-4-3-7-25(26)29-21-6-5-17-30(19-21)22-11-9-20(18-28)10-12-22/h9-16,21,25-26,29H,2-8,17,19H2,1H3,(H,32,33)/t21-,25+,26+/m0/s1. The minimum Gasteiger partial charge on any atom is -0.494 e. The molecule has 0 unspecified atom stereocenters. The summed E-state index contributed by atoms with van der Waals surface area (Å²) in [6, 6.07) is 17.6. The van der Waals surface area contributed by atoms with Crippen molar-refractivity contribution in [3.63, 3.8) is 0 Å². The molecule has 1 aliphatic carbocycles. The second kappa shape index (κ2) is 11.3. The number of amides is 1. The molecule has 0 spiro atoms. The molecule has 7 nitrogen and oxygen atoms in total. The smallest absolute Gasteiger partial charge is 0.412 e. The molecule has 2 N–H and O–H groups in total. The Morgan fingerprint density at radius 1 is 1.12 bits per heavy atom. The van der Waals surface area contributed by atoms with E-state index in [-0.39, 0.29) is 12.1 Å². The minimum absolute atomic E-state index is 0.102. The number of rotatable bonds is 7. The van der Waals surface area contributed by atoms with Crippen LogP contribution >= 0.6 is 0 Å². The summed E-state index contributed by atoms with van der Waals surface area (Å²) in [6.07, 6.45) is 5.21. The average Bonchev–Trinajstić information content (AvgIpc) is 2.86. The number of hydrogen-bond donors (Lipinski definition) is 2. The molecule has 2 aliphatic rings. The van der Waals surface area contributed by atoms with Crippen LogP contribution in [-0.2, 0) is 0 Å². The third kappa shape index (κ3) is 5.63. The fraction of sp³-hybridized carbons (Fsp3) is 0.481. The van der Waals surface area contributed by atoms with E-state index in [4.69, 9.17) is 10.00 Å². The summed E-state index contributed by atoms with van der Waals surface area (Å²) >= 11 is 0. The van der Waals surface area contributed by atoms with Crippen molar-refractivity contribution >= 4 is 17.5 Å². The number of hydrogen-bond acceptors (Lipinski definition) is 5. The van der Waals surface area contributed by atoms with Crippen molar-refractivity contribution in [1.29, 1.82) is 5.26 Å². The molecule has 2 aromatic rings. The Hall–Kier alpha value is -3.24. The number of carboxylic acid groups (broad SMARTS) is 1. The Balaban J connectivity index is 1.47. The van der Waals surface area contributed by atoms with E-state index in [1.165, 1.54) is 0 Å². The van der Waals surface area contributed by atoms with Crippen molar-refractivity contribution in [3.05, 3.63) is 54.1 Å². The summed E-state index contributed by atoms with van der Waals surface area (Å²) < 4.78 is 5.53. The predicted molar refractivity (Wildman–Crippen MR) is 134 cm³/mol. The monoisotopic (exact) mass is 462 g/mol. The summed E-state index contributed by atoms with van der Waals surface area (Å²) in [7, 11) is 0. The third-order valence-corrected chi connectivity index (χ3v) is 6.93. The maximum absolute atomic E-state index is 12.4. The maximum Gasteiger partial charge on any atom is 0.412 e. The topological polar surface area (TPSA) is 88.8 Å². The van der Waals surface area contributed by atoms with Crippen LogP contribution in [0.1, 0.15) is 51.0 Å². The molecule has 0 bridgehead atoms. The summed E-state index contributed by atoms with van der Waals surface area (Å²) in [5.74, 6) is 0.750. The lowest BCUT2D eigenvalue weighted by atomic mass is 9.87. The fourth-order valence-corrected chi connectivity index (χ4v) is 5.33. The molecule has 1 saturated heterocycles. The van der Waals surface area contributed by atoms with Crippen LogP contribution in [0.15, 0.2) is 48.5 Å². The Morgan fingerprint density at radius 2 is 1.85 bits per heavy atom. The largest absolute Gasteiger partial charge is 0.494 e. The number of anilines is 2. The second-order valence-corrected chi connectivity index (χ2v) is 9.15. The highest BCUT2D eigenvalue weighted by Crippen LogP contribution is 2.30. The number of ether oxygens (including phenoxy) is 1. The van der Waals surface area contributed by atoms with Crippen LogP contribution in [0.3, 0.4) is 0 Å². The molecule has 3 atom stereocenters. The molecule has 1 aliphatic heterocycles.